The molecule has 18 heavy (non-hydrogen) atoms. The van der Waals surface area contributed by atoms with Crippen LogP contribution in [0.1, 0.15) is 17.2 Å². The van der Waals surface area contributed by atoms with E-state index in [1.165, 1.54) is 6.07 Å². The van der Waals surface area contributed by atoms with Crippen molar-refractivity contribution in [1.29, 1.82) is 0 Å². The molecule has 5 heteroatoms. The highest BCUT2D eigenvalue weighted by Crippen LogP contribution is 2.34. The molecule has 2 aromatic carbocycles. The molecule has 1 atom stereocenters. The average Bonchev–Trinajstić information content (AvgIpc) is 2.35. The second-order valence-electron chi connectivity index (χ2n) is 3.76. The second kappa shape index (κ2) is 5.45. The molecule has 2 aromatic rings. The van der Waals surface area contributed by atoms with E-state index in [2.05, 4.69) is 0 Å². The first-order valence-electron chi connectivity index (χ1n) is 5.15. The highest BCUT2D eigenvalue weighted by Gasteiger charge is 2.18. The Labute approximate surface area is 119 Å². The first-order chi connectivity index (χ1) is 8.52. The SMILES string of the molecule is NC(c1cccc(F)c1Cl)c1cccc(Cl)c1Cl. The van der Waals surface area contributed by atoms with Gasteiger partial charge in [0.15, 0.2) is 0 Å². The standard InChI is InChI=1S/C13H9Cl3FN/c14-9-5-1-3-7(11(9)15)13(18)8-4-2-6-10(17)12(8)16/h1-6,13H,18H2. The van der Waals surface area contributed by atoms with E-state index in [4.69, 9.17) is 40.5 Å². The van der Waals surface area contributed by atoms with Crippen LogP contribution in [0.3, 0.4) is 0 Å². The summed E-state index contributed by atoms with van der Waals surface area (Å²) in [6.45, 7) is 0. The molecule has 0 aliphatic heterocycles. The third kappa shape index (κ3) is 2.47. The van der Waals surface area contributed by atoms with Crippen molar-refractivity contribution in [3.8, 4) is 0 Å². The molecule has 0 heterocycles. The third-order valence-electron chi connectivity index (χ3n) is 2.63. The molecule has 2 rings (SSSR count). The number of hydrogen-bond donors (Lipinski definition) is 1. The summed E-state index contributed by atoms with van der Waals surface area (Å²) in [6.07, 6.45) is 0. The zero-order valence-electron chi connectivity index (χ0n) is 9.13. The third-order valence-corrected chi connectivity index (χ3v) is 3.87. The van der Waals surface area contributed by atoms with Crippen molar-refractivity contribution < 1.29 is 4.39 Å². The fraction of sp³-hybridized carbons (Fsp3) is 0.0769. The van der Waals surface area contributed by atoms with Gasteiger partial charge in [-0.3, -0.25) is 0 Å². The Hall–Kier alpha value is -0.800. The Bertz CT molecular complexity index is 535. The highest BCUT2D eigenvalue weighted by atomic mass is 35.5. The maximum atomic E-state index is 13.4. The number of hydrogen-bond acceptors (Lipinski definition) is 1. The predicted molar refractivity (Wildman–Crippen MR) is 73.9 cm³/mol. The quantitative estimate of drug-likeness (QED) is 0.844. The molecule has 0 aromatic heterocycles. The summed E-state index contributed by atoms with van der Waals surface area (Å²) in [7, 11) is 0. The summed E-state index contributed by atoms with van der Waals surface area (Å²) < 4.78 is 13.4. The van der Waals surface area contributed by atoms with E-state index in [1.54, 1.807) is 30.3 Å². The molecule has 0 saturated heterocycles. The number of halogens is 4. The minimum atomic E-state index is -0.626. The molecular formula is C13H9Cl3FN. The van der Waals surface area contributed by atoms with Crippen LogP contribution in [0.5, 0.6) is 0 Å². The molecule has 1 unspecified atom stereocenters. The van der Waals surface area contributed by atoms with E-state index in [0.29, 0.717) is 21.2 Å². The first kappa shape index (κ1) is 13.6. The smallest absolute Gasteiger partial charge is 0.142 e. The van der Waals surface area contributed by atoms with Gasteiger partial charge < -0.3 is 5.73 Å². The molecule has 94 valence electrons. The van der Waals surface area contributed by atoms with Crippen molar-refractivity contribution in [2.45, 2.75) is 6.04 Å². The van der Waals surface area contributed by atoms with Crippen molar-refractivity contribution in [3.05, 3.63) is 68.4 Å². The molecular weight excluding hydrogens is 296 g/mol. The van der Waals surface area contributed by atoms with Crippen LogP contribution in [0.2, 0.25) is 15.1 Å². The minimum absolute atomic E-state index is 0.000965. The lowest BCUT2D eigenvalue weighted by atomic mass is 9.99. The molecule has 0 spiro atoms. The molecule has 0 aliphatic rings. The van der Waals surface area contributed by atoms with Gasteiger partial charge in [-0.1, -0.05) is 59.1 Å². The number of rotatable bonds is 2. The molecule has 0 aliphatic carbocycles. The van der Waals surface area contributed by atoms with Crippen molar-refractivity contribution in [2.75, 3.05) is 0 Å². The Morgan fingerprint density at radius 1 is 0.889 bits per heavy atom. The molecule has 1 nitrogen and oxygen atoms in total. The van der Waals surface area contributed by atoms with E-state index in [1.807, 2.05) is 0 Å². The van der Waals surface area contributed by atoms with E-state index in [9.17, 15) is 4.39 Å². The molecule has 0 amide bonds. The van der Waals surface area contributed by atoms with Crippen LogP contribution in [-0.2, 0) is 0 Å². The van der Waals surface area contributed by atoms with E-state index in [-0.39, 0.29) is 5.02 Å². The fourth-order valence-electron chi connectivity index (χ4n) is 1.69. The highest BCUT2D eigenvalue weighted by molar-refractivity contribution is 6.42. The van der Waals surface area contributed by atoms with E-state index in [0.717, 1.165) is 0 Å². The number of benzene rings is 2. The van der Waals surface area contributed by atoms with Crippen LogP contribution in [0.15, 0.2) is 36.4 Å². The normalized spacial score (nSPS) is 12.5. The Morgan fingerprint density at radius 3 is 2.11 bits per heavy atom. The topological polar surface area (TPSA) is 26.0 Å². The van der Waals surface area contributed by atoms with Crippen molar-refractivity contribution in [1.82, 2.24) is 0 Å². The van der Waals surface area contributed by atoms with Crippen LogP contribution in [-0.4, -0.2) is 0 Å². The van der Waals surface area contributed by atoms with Crippen LogP contribution in [0, 0.1) is 5.82 Å². The van der Waals surface area contributed by atoms with E-state index < -0.39 is 11.9 Å². The van der Waals surface area contributed by atoms with Crippen molar-refractivity contribution in [3.63, 3.8) is 0 Å². The monoisotopic (exact) mass is 303 g/mol. The Morgan fingerprint density at radius 2 is 1.44 bits per heavy atom. The van der Waals surface area contributed by atoms with Gasteiger partial charge in [0.1, 0.15) is 5.82 Å². The zero-order valence-corrected chi connectivity index (χ0v) is 11.4. The van der Waals surface area contributed by atoms with Gasteiger partial charge in [0.2, 0.25) is 0 Å². The van der Waals surface area contributed by atoms with Crippen molar-refractivity contribution in [2.24, 2.45) is 5.73 Å². The largest absolute Gasteiger partial charge is 0.320 e. The van der Waals surface area contributed by atoms with Crippen LogP contribution in [0.25, 0.3) is 0 Å². The van der Waals surface area contributed by atoms with Gasteiger partial charge >= 0.3 is 0 Å². The summed E-state index contributed by atoms with van der Waals surface area (Å²) >= 11 is 17.9. The summed E-state index contributed by atoms with van der Waals surface area (Å²) in [5.74, 6) is -0.511. The lowest BCUT2D eigenvalue weighted by Crippen LogP contribution is -2.13. The summed E-state index contributed by atoms with van der Waals surface area (Å²) in [4.78, 5) is 0. The molecule has 2 N–H and O–H groups in total. The fourth-order valence-corrected chi connectivity index (χ4v) is 2.36. The summed E-state index contributed by atoms with van der Waals surface area (Å²) in [5.41, 5.74) is 7.14. The van der Waals surface area contributed by atoms with Gasteiger partial charge in [-0.15, -0.1) is 0 Å². The average molecular weight is 305 g/mol. The first-order valence-corrected chi connectivity index (χ1v) is 6.29. The lowest BCUT2D eigenvalue weighted by molar-refractivity contribution is 0.624. The van der Waals surface area contributed by atoms with Gasteiger partial charge in [0.05, 0.1) is 21.1 Å². The Balaban J connectivity index is 2.51. The van der Waals surface area contributed by atoms with Gasteiger partial charge in [-0.25, -0.2) is 4.39 Å². The number of nitrogens with two attached hydrogens (primary N) is 1. The van der Waals surface area contributed by atoms with Crippen LogP contribution < -0.4 is 5.73 Å². The van der Waals surface area contributed by atoms with Crippen LogP contribution >= 0.6 is 34.8 Å². The van der Waals surface area contributed by atoms with Gasteiger partial charge in [-0.05, 0) is 23.3 Å². The molecule has 0 fully saturated rings. The maximum Gasteiger partial charge on any atom is 0.142 e. The second-order valence-corrected chi connectivity index (χ2v) is 4.93. The van der Waals surface area contributed by atoms with Crippen molar-refractivity contribution >= 4 is 34.8 Å². The minimum Gasteiger partial charge on any atom is -0.320 e. The van der Waals surface area contributed by atoms with Gasteiger partial charge in [0, 0.05) is 0 Å². The van der Waals surface area contributed by atoms with E-state index >= 15 is 0 Å². The zero-order chi connectivity index (χ0) is 13.3. The maximum absolute atomic E-state index is 13.4. The van der Waals surface area contributed by atoms with Gasteiger partial charge in [-0.2, -0.15) is 0 Å². The van der Waals surface area contributed by atoms with Gasteiger partial charge in [0.25, 0.3) is 0 Å². The Kier molecular flexibility index (Phi) is 4.13. The summed E-state index contributed by atoms with van der Waals surface area (Å²) in [5, 5.41) is 0.755. The lowest BCUT2D eigenvalue weighted by Gasteiger charge is -2.16. The van der Waals surface area contributed by atoms with Crippen LogP contribution in [0.4, 0.5) is 4.39 Å². The molecule has 0 saturated carbocycles. The molecule has 0 radical (unpaired) electrons. The summed E-state index contributed by atoms with van der Waals surface area (Å²) in [6, 6.07) is 8.99. The molecule has 0 bridgehead atoms. The predicted octanol–water partition coefficient (Wildman–Crippen LogP) is 4.83.